The largest absolute Gasteiger partial charge is 0.469 e. The quantitative estimate of drug-likeness (QED) is 0.561. The van der Waals surface area contributed by atoms with Crippen molar-refractivity contribution in [1.82, 2.24) is 5.32 Å². The van der Waals surface area contributed by atoms with E-state index in [0.717, 1.165) is 18.5 Å². The Morgan fingerprint density at radius 1 is 1.38 bits per heavy atom. The van der Waals surface area contributed by atoms with Gasteiger partial charge in [0, 0.05) is 19.8 Å². The number of hydrogen-bond acceptors (Lipinski definition) is 4. The molecule has 0 saturated heterocycles. The number of hydrogen-bond donors (Lipinski definition) is 1. The van der Waals surface area contributed by atoms with E-state index in [1.54, 1.807) is 20.1 Å². The molecule has 1 N–H and O–H groups in total. The van der Waals surface area contributed by atoms with Crippen molar-refractivity contribution in [2.24, 2.45) is 0 Å². The summed E-state index contributed by atoms with van der Waals surface area (Å²) < 4.78 is 23.0. The van der Waals surface area contributed by atoms with Crippen molar-refractivity contribution < 1.29 is 18.7 Å². The van der Waals surface area contributed by atoms with Crippen LogP contribution in [0.5, 0.6) is 0 Å². The van der Waals surface area contributed by atoms with E-state index in [-0.39, 0.29) is 17.8 Å². The van der Waals surface area contributed by atoms with Gasteiger partial charge in [0.05, 0.1) is 13.5 Å². The summed E-state index contributed by atoms with van der Waals surface area (Å²) in [6, 6.07) is 5.00. The molecule has 1 aromatic carbocycles. The monoisotopic (exact) mass is 297 g/mol. The Bertz CT molecular complexity index is 451. The van der Waals surface area contributed by atoms with Gasteiger partial charge in [0.15, 0.2) is 0 Å². The first-order chi connectivity index (χ1) is 10.1. The molecule has 0 aliphatic carbocycles. The van der Waals surface area contributed by atoms with Crippen LogP contribution in [0.4, 0.5) is 4.39 Å². The zero-order valence-electron chi connectivity index (χ0n) is 12.9. The van der Waals surface area contributed by atoms with Crippen LogP contribution in [0.1, 0.15) is 24.0 Å². The van der Waals surface area contributed by atoms with Crippen LogP contribution >= 0.6 is 0 Å². The number of carbonyl (C=O) groups is 1. The first kappa shape index (κ1) is 17.6. The van der Waals surface area contributed by atoms with Crippen LogP contribution in [0, 0.1) is 12.7 Å². The summed E-state index contributed by atoms with van der Waals surface area (Å²) in [5.41, 5.74) is 1.62. The van der Waals surface area contributed by atoms with E-state index in [1.165, 1.54) is 13.2 Å². The summed E-state index contributed by atoms with van der Waals surface area (Å²) >= 11 is 0. The highest BCUT2D eigenvalue weighted by Crippen LogP contribution is 2.12. The molecule has 0 amide bonds. The molecule has 0 aliphatic heterocycles. The predicted octanol–water partition coefficient (Wildman–Crippen LogP) is 2.23. The third kappa shape index (κ3) is 6.69. The molecule has 21 heavy (non-hydrogen) atoms. The summed E-state index contributed by atoms with van der Waals surface area (Å²) in [5.74, 6) is -0.464. The lowest BCUT2D eigenvalue weighted by Gasteiger charge is -2.18. The topological polar surface area (TPSA) is 47.6 Å². The molecule has 0 radical (unpaired) electrons. The molecule has 1 aromatic rings. The van der Waals surface area contributed by atoms with Gasteiger partial charge in [-0.15, -0.1) is 0 Å². The Labute approximate surface area is 125 Å². The molecular weight excluding hydrogens is 273 g/mol. The molecule has 0 aliphatic rings. The number of nitrogens with one attached hydrogen (secondary N) is 1. The molecule has 0 saturated carbocycles. The van der Waals surface area contributed by atoms with Crippen molar-refractivity contribution in [3.05, 3.63) is 35.1 Å². The van der Waals surface area contributed by atoms with Crippen molar-refractivity contribution in [1.29, 1.82) is 0 Å². The molecule has 118 valence electrons. The number of carbonyl (C=O) groups excluding carboxylic acids is 1. The van der Waals surface area contributed by atoms with E-state index in [0.29, 0.717) is 25.0 Å². The number of esters is 1. The van der Waals surface area contributed by atoms with Crippen LogP contribution in [-0.2, 0) is 20.7 Å². The van der Waals surface area contributed by atoms with Crippen LogP contribution in [0.15, 0.2) is 18.2 Å². The Morgan fingerprint density at radius 2 is 2.14 bits per heavy atom. The van der Waals surface area contributed by atoms with Gasteiger partial charge in [0.2, 0.25) is 0 Å². The highest BCUT2D eigenvalue weighted by molar-refractivity contribution is 5.70. The zero-order valence-corrected chi connectivity index (χ0v) is 12.9. The molecular formula is C16H24FNO3. The first-order valence-corrected chi connectivity index (χ1v) is 7.11. The lowest BCUT2D eigenvalue weighted by molar-refractivity contribution is -0.141. The third-order valence-corrected chi connectivity index (χ3v) is 3.30. The fourth-order valence-electron chi connectivity index (χ4n) is 2.14. The maximum Gasteiger partial charge on any atom is 0.307 e. The number of methoxy groups -OCH3 is 2. The molecule has 1 atom stereocenters. The minimum atomic E-state index is -0.252. The molecule has 0 heterocycles. The highest BCUT2D eigenvalue weighted by atomic mass is 19.1. The maximum absolute atomic E-state index is 13.3. The summed E-state index contributed by atoms with van der Waals surface area (Å²) in [4.78, 5) is 11.5. The lowest BCUT2D eigenvalue weighted by Crippen LogP contribution is -2.34. The van der Waals surface area contributed by atoms with Gasteiger partial charge in [0.25, 0.3) is 0 Å². The second kappa shape index (κ2) is 9.47. The van der Waals surface area contributed by atoms with Gasteiger partial charge >= 0.3 is 5.97 Å². The summed E-state index contributed by atoms with van der Waals surface area (Å²) in [7, 11) is 3.04. The van der Waals surface area contributed by atoms with Crippen molar-refractivity contribution in [3.63, 3.8) is 0 Å². The predicted molar refractivity (Wildman–Crippen MR) is 79.8 cm³/mol. The molecule has 0 aromatic heterocycles. The number of rotatable bonds is 9. The lowest BCUT2D eigenvalue weighted by atomic mass is 10.0. The second-order valence-corrected chi connectivity index (χ2v) is 5.07. The van der Waals surface area contributed by atoms with Crippen molar-refractivity contribution in [3.8, 4) is 0 Å². The Hall–Kier alpha value is -1.46. The average molecular weight is 297 g/mol. The molecule has 0 spiro atoms. The normalized spacial score (nSPS) is 12.2. The third-order valence-electron chi connectivity index (χ3n) is 3.30. The Kier molecular flexibility index (Phi) is 7.93. The molecule has 1 rings (SSSR count). The minimum Gasteiger partial charge on any atom is -0.469 e. The van der Waals surface area contributed by atoms with Crippen LogP contribution in [0.25, 0.3) is 0 Å². The molecule has 5 heteroatoms. The zero-order chi connectivity index (χ0) is 15.7. The van der Waals surface area contributed by atoms with Gasteiger partial charge in [-0.25, -0.2) is 4.39 Å². The van der Waals surface area contributed by atoms with Crippen molar-refractivity contribution >= 4 is 5.97 Å². The Morgan fingerprint density at radius 3 is 2.76 bits per heavy atom. The molecule has 0 bridgehead atoms. The van der Waals surface area contributed by atoms with Crippen LogP contribution in [0.2, 0.25) is 0 Å². The number of aryl methyl sites for hydroxylation is 1. The van der Waals surface area contributed by atoms with Gasteiger partial charge in [-0.1, -0.05) is 12.1 Å². The molecule has 0 fully saturated rings. The van der Waals surface area contributed by atoms with E-state index < -0.39 is 0 Å². The highest BCUT2D eigenvalue weighted by Gasteiger charge is 2.15. The van der Waals surface area contributed by atoms with E-state index in [9.17, 15) is 9.18 Å². The van der Waals surface area contributed by atoms with Crippen LogP contribution < -0.4 is 5.32 Å². The van der Waals surface area contributed by atoms with Gasteiger partial charge in [-0.05, 0) is 43.5 Å². The van der Waals surface area contributed by atoms with Crippen molar-refractivity contribution in [2.45, 2.75) is 32.2 Å². The second-order valence-electron chi connectivity index (χ2n) is 5.07. The maximum atomic E-state index is 13.3. The van der Waals surface area contributed by atoms with Gasteiger partial charge in [-0.2, -0.15) is 0 Å². The fraction of sp³-hybridized carbons (Fsp3) is 0.562. The fourth-order valence-corrected chi connectivity index (χ4v) is 2.14. The van der Waals surface area contributed by atoms with E-state index >= 15 is 0 Å². The van der Waals surface area contributed by atoms with Gasteiger partial charge in [-0.3, -0.25) is 4.79 Å². The van der Waals surface area contributed by atoms with Gasteiger partial charge < -0.3 is 14.8 Å². The van der Waals surface area contributed by atoms with Crippen LogP contribution in [0.3, 0.4) is 0 Å². The van der Waals surface area contributed by atoms with Gasteiger partial charge in [0.1, 0.15) is 5.82 Å². The average Bonchev–Trinajstić information content (AvgIpc) is 2.47. The molecule has 1 unspecified atom stereocenters. The van der Waals surface area contributed by atoms with Crippen molar-refractivity contribution in [2.75, 3.05) is 27.4 Å². The van der Waals surface area contributed by atoms with E-state index in [4.69, 9.17) is 9.47 Å². The number of ether oxygens (including phenoxy) is 2. The van der Waals surface area contributed by atoms with Crippen LogP contribution in [-0.4, -0.2) is 39.4 Å². The SMILES string of the molecule is COCCCNC(CC(=O)OC)Cc1ccc(F)c(C)c1. The van der Waals surface area contributed by atoms with E-state index in [2.05, 4.69) is 5.32 Å². The first-order valence-electron chi connectivity index (χ1n) is 7.11. The summed E-state index contributed by atoms with van der Waals surface area (Å²) in [5, 5.41) is 3.33. The summed E-state index contributed by atoms with van der Waals surface area (Å²) in [6.45, 7) is 3.17. The Balaban J connectivity index is 2.61. The minimum absolute atomic E-state index is 0.0285. The molecule has 4 nitrogen and oxygen atoms in total. The number of halogens is 1. The number of benzene rings is 1. The van der Waals surface area contributed by atoms with E-state index in [1.807, 2.05) is 6.07 Å². The smallest absolute Gasteiger partial charge is 0.307 e. The standard InChI is InChI=1S/C16H24FNO3/c1-12-9-13(5-6-15(12)17)10-14(11-16(19)21-3)18-7-4-8-20-2/h5-6,9,14,18H,4,7-8,10-11H2,1-3H3. The summed E-state index contributed by atoms with van der Waals surface area (Å²) in [6.07, 6.45) is 1.82.